The van der Waals surface area contributed by atoms with Crippen LogP contribution in [0.4, 0.5) is 5.13 Å². The van der Waals surface area contributed by atoms with Crippen LogP contribution >= 0.6 is 11.3 Å². The van der Waals surface area contributed by atoms with E-state index in [1.165, 1.54) is 10.9 Å². The number of anilines is 1. The summed E-state index contributed by atoms with van der Waals surface area (Å²) in [5, 5.41) is 7.58. The topological polar surface area (TPSA) is 71.3 Å². The van der Waals surface area contributed by atoms with Crippen molar-refractivity contribution in [1.29, 1.82) is 0 Å². The Morgan fingerprint density at radius 1 is 1.29 bits per heavy atom. The highest BCUT2D eigenvalue weighted by Crippen LogP contribution is 2.31. The number of nitrogens with one attached hydrogen (secondary N) is 1. The molecule has 0 unspecified atom stereocenters. The van der Waals surface area contributed by atoms with Gasteiger partial charge in [-0.25, -0.2) is 4.98 Å². The van der Waals surface area contributed by atoms with E-state index in [1.54, 1.807) is 17.4 Å². The van der Waals surface area contributed by atoms with E-state index in [4.69, 9.17) is 9.51 Å². The predicted octanol–water partition coefficient (Wildman–Crippen LogP) is 2.93. The van der Waals surface area contributed by atoms with Gasteiger partial charge in [-0.05, 0) is 30.9 Å². The van der Waals surface area contributed by atoms with Crippen LogP contribution in [0.5, 0.6) is 0 Å². The van der Waals surface area contributed by atoms with Crippen molar-refractivity contribution in [1.82, 2.24) is 15.5 Å². The van der Waals surface area contributed by atoms with Gasteiger partial charge in [-0.1, -0.05) is 28.6 Å². The van der Waals surface area contributed by atoms with Crippen molar-refractivity contribution >= 4 is 32.6 Å². The van der Waals surface area contributed by atoms with Crippen molar-refractivity contribution in [3.63, 3.8) is 0 Å². The third kappa shape index (κ3) is 3.12. The Bertz CT molecular complexity index is 789. The number of fused-ring (bicyclic) bond motifs is 1. The van der Waals surface area contributed by atoms with Crippen LogP contribution in [0.25, 0.3) is 10.2 Å². The molecule has 3 aromatic rings. The van der Waals surface area contributed by atoms with E-state index in [9.17, 15) is 4.79 Å². The molecule has 124 valence electrons. The molecule has 1 aromatic carbocycles. The number of nitrogens with zero attached hydrogens (tertiary/aromatic N) is 3. The largest absolute Gasteiger partial charge is 0.351 e. The number of rotatable bonds is 4. The Balaban J connectivity index is 1.31. The maximum Gasteiger partial charge on any atom is 0.289 e. The van der Waals surface area contributed by atoms with Gasteiger partial charge >= 0.3 is 0 Å². The standard InChI is InChI=1S/C17H18N4O2S/c22-16(14-5-8-19-23-14)18-11-12-6-9-21(10-7-12)17-20-13-3-1-2-4-15(13)24-17/h1-5,8,12H,6-7,9-11H2,(H,18,22). The Hall–Kier alpha value is -2.41. The van der Waals surface area contributed by atoms with Gasteiger partial charge < -0.3 is 14.7 Å². The van der Waals surface area contributed by atoms with E-state index in [0.29, 0.717) is 12.5 Å². The van der Waals surface area contributed by atoms with Gasteiger partial charge in [-0.15, -0.1) is 0 Å². The molecule has 0 atom stereocenters. The Morgan fingerprint density at radius 2 is 2.12 bits per heavy atom. The molecule has 1 aliphatic heterocycles. The minimum Gasteiger partial charge on any atom is -0.351 e. The third-order valence-corrected chi connectivity index (χ3v) is 5.48. The average molecular weight is 342 g/mol. The monoisotopic (exact) mass is 342 g/mol. The predicted molar refractivity (Wildman–Crippen MR) is 93.4 cm³/mol. The minimum atomic E-state index is -0.193. The average Bonchev–Trinajstić information content (AvgIpc) is 3.29. The van der Waals surface area contributed by atoms with E-state index in [0.717, 1.165) is 36.6 Å². The number of thiazole rings is 1. The van der Waals surface area contributed by atoms with Gasteiger partial charge in [-0.3, -0.25) is 4.79 Å². The molecular formula is C17H18N4O2S. The van der Waals surface area contributed by atoms with E-state index in [1.807, 2.05) is 12.1 Å². The summed E-state index contributed by atoms with van der Waals surface area (Å²) in [5.41, 5.74) is 1.07. The summed E-state index contributed by atoms with van der Waals surface area (Å²) >= 11 is 1.75. The number of aromatic nitrogens is 2. The van der Waals surface area contributed by atoms with E-state index < -0.39 is 0 Å². The minimum absolute atomic E-state index is 0.193. The first-order valence-electron chi connectivity index (χ1n) is 8.09. The lowest BCUT2D eigenvalue weighted by molar-refractivity contribution is 0.0908. The summed E-state index contributed by atoms with van der Waals surface area (Å²) in [6.45, 7) is 2.62. The van der Waals surface area contributed by atoms with Gasteiger partial charge in [0.25, 0.3) is 5.91 Å². The molecule has 3 heterocycles. The van der Waals surface area contributed by atoms with Gasteiger partial charge in [0.2, 0.25) is 5.76 Å². The van der Waals surface area contributed by atoms with E-state index in [-0.39, 0.29) is 11.7 Å². The molecule has 0 saturated carbocycles. The number of benzene rings is 1. The SMILES string of the molecule is O=C(NCC1CCN(c2nc3ccccc3s2)CC1)c1ccno1. The first-order chi connectivity index (χ1) is 11.8. The molecule has 0 radical (unpaired) electrons. The smallest absolute Gasteiger partial charge is 0.289 e. The fourth-order valence-corrected chi connectivity index (χ4v) is 4.00. The molecule has 1 amide bonds. The lowest BCUT2D eigenvalue weighted by Crippen LogP contribution is -2.38. The second-order valence-corrected chi connectivity index (χ2v) is 6.99. The van der Waals surface area contributed by atoms with Crippen LogP contribution in [-0.2, 0) is 0 Å². The van der Waals surface area contributed by atoms with Gasteiger partial charge in [0.05, 0.1) is 16.4 Å². The van der Waals surface area contributed by atoms with Gasteiger partial charge in [0.15, 0.2) is 5.13 Å². The number of hydrogen-bond acceptors (Lipinski definition) is 6. The zero-order valence-corrected chi connectivity index (χ0v) is 14.0. The molecule has 1 aliphatic rings. The molecule has 0 spiro atoms. The molecule has 6 nitrogen and oxygen atoms in total. The van der Waals surface area contributed by atoms with Crippen LogP contribution in [0.1, 0.15) is 23.4 Å². The fraction of sp³-hybridized carbons (Fsp3) is 0.353. The summed E-state index contributed by atoms with van der Waals surface area (Å²) in [7, 11) is 0. The lowest BCUT2D eigenvalue weighted by Gasteiger charge is -2.31. The van der Waals surface area contributed by atoms with Crippen LogP contribution < -0.4 is 10.2 Å². The highest BCUT2D eigenvalue weighted by molar-refractivity contribution is 7.22. The van der Waals surface area contributed by atoms with Crippen molar-refractivity contribution in [3.8, 4) is 0 Å². The Kier molecular flexibility index (Phi) is 4.17. The Morgan fingerprint density at radius 3 is 2.88 bits per heavy atom. The summed E-state index contributed by atoms with van der Waals surface area (Å²) in [6, 6.07) is 9.82. The molecule has 7 heteroatoms. The number of para-hydroxylation sites is 1. The normalized spacial score (nSPS) is 15.8. The summed E-state index contributed by atoms with van der Waals surface area (Å²) in [4.78, 5) is 18.9. The van der Waals surface area contributed by atoms with Gasteiger partial charge in [0.1, 0.15) is 0 Å². The van der Waals surface area contributed by atoms with Crippen LogP contribution in [0, 0.1) is 5.92 Å². The zero-order chi connectivity index (χ0) is 16.4. The van der Waals surface area contributed by atoms with Gasteiger partial charge in [0, 0.05) is 25.7 Å². The number of piperidine rings is 1. The van der Waals surface area contributed by atoms with Crippen molar-refractivity contribution in [2.24, 2.45) is 5.92 Å². The fourth-order valence-electron chi connectivity index (χ4n) is 2.98. The molecular weight excluding hydrogens is 324 g/mol. The number of carbonyl (C=O) groups excluding carboxylic acids is 1. The summed E-state index contributed by atoms with van der Waals surface area (Å²) < 4.78 is 6.09. The molecule has 4 rings (SSSR count). The molecule has 1 saturated heterocycles. The van der Waals surface area contributed by atoms with Crippen LogP contribution in [-0.4, -0.2) is 35.7 Å². The highest BCUT2D eigenvalue weighted by Gasteiger charge is 2.22. The molecule has 0 bridgehead atoms. The van der Waals surface area contributed by atoms with Gasteiger partial charge in [-0.2, -0.15) is 0 Å². The quantitative estimate of drug-likeness (QED) is 0.789. The third-order valence-electron chi connectivity index (χ3n) is 4.38. The van der Waals surface area contributed by atoms with Crippen molar-refractivity contribution in [2.75, 3.05) is 24.5 Å². The Labute approximate surface area is 143 Å². The second kappa shape index (κ2) is 6.60. The van der Waals surface area contributed by atoms with E-state index >= 15 is 0 Å². The maximum atomic E-state index is 11.9. The van der Waals surface area contributed by atoms with Crippen molar-refractivity contribution < 1.29 is 9.32 Å². The second-order valence-electron chi connectivity index (χ2n) is 5.98. The summed E-state index contributed by atoms with van der Waals surface area (Å²) in [5.74, 6) is 0.561. The lowest BCUT2D eigenvalue weighted by atomic mass is 9.97. The van der Waals surface area contributed by atoms with Crippen LogP contribution in [0.3, 0.4) is 0 Å². The van der Waals surface area contributed by atoms with Crippen molar-refractivity contribution in [2.45, 2.75) is 12.8 Å². The van der Waals surface area contributed by atoms with Crippen molar-refractivity contribution in [3.05, 3.63) is 42.3 Å². The number of carbonyl (C=O) groups is 1. The number of hydrogen-bond donors (Lipinski definition) is 1. The summed E-state index contributed by atoms with van der Waals surface area (Å²) in [6.07, 6.45) is 3.57. The first kappa shape index (κ1) is 15.1. The highest BCUT2D eigenvalue weighted by atomic mass is 32.1. The molecule has 24 heavy (non-hydrogen) atoms. The maximum absolute atomic E-state index is 11.9. The first-order valence-corrected chi connectivity index (χ1v) is 8.90. The molecule has 2 aromatic heterocycles. The number of amides is 1. The molecule has 1 N–H and O–H groups in total. The van der Waals surface area contributed by atoms with Crippen LogP contribution in [0.15, 0.2) is 41.1 Å². The van der Waals surface area contributed by atoms with Crippen LogP contribution in [0.2, 0.25) is 0 Å². The van der Waals surface area contributed by atoms with E-state index in [2.05, 4.69) is 27.5 Å². The molecule has 0 aliphatic carbocycles. The molecule has 1 fully saturated rings. The zero-order valence-electron chi connectivity index (χ0n) is 13.1.